The fourth-order valence-corrected chi connectivity index (χ4v) is 3.90. The van der Waals surface area contributed by atoms with Crippen molar-refractivity contribution in [2.24, 2.45) is 4.99 Å². The topological polar surface area (TPSA) is 71.0 Å². The average molecular weight is 391 g/mol. The zero-order chi connectivity index (χ0) is 20.6. The van der Waals surface area contributed by atoms with Gasteiger partial charge in [0.25, 0.3) is 11.8 Å². The van der Waals surface area contributed by atoms with Crippen molar-refractivity contribution >= 4 is 17.5 Å². The van der Waals surface area contributed by atoms with Crippen LogP contribution in [0.1, 0.15) is 39.9 Å². The van der Waals surface area contributed by atoms with Gasteiger partial charge in [-0.2, -0.15) is 0 Å². The van der Waals surface area contributed by atoms with E-state index in [2.05, 4.69) is 5.32 Å². The summed E-state index contributed by atoms with van der Waals surface area (Å²) in [4.78, 5) is 32.1. The SMILES string of the molecule is COc1cccc(C(=O)N2CCC3(CC2)N=C(c2ccc(C)c(C)c2)C(=O)N3)c1. The van der Waals surface area contributed by atoms with Crippen LogP contribution in [0.25, 0.3) is 0 Å². The number of likely N-dealkylation sites (tertiary alicyclic amines) is 1. The van der Waals surface area contributed by atoms with Gasteiger partial charge < -0.3 is 15.0 Å². The molecule has 2 aromatic rings. The van der Waals surface area contributed by atoms with Crippen molar-refractivity contribution in [1.29, 1.82) is 0 Å². The van der Waals surface area contributed by atoms with Crippen molar-refractivity contribution in [2.75, 3.05) is 20.2 Å². The van der Waals surface area contributed by atoms with Gasteiger partial charge in [0, 0.05) is 37.1 Å². The molecule has 29 heavy (non-hydrogen) atoms. The number of aryl methyl sites for hydroxylation is 2. The first-order valence-corrected chi connectivity index (χ1v) is 9.84. The largest absolute Gasteiger partial charge is 0.497 e. The Bertz CT molecular complexity index is 1000. The number of carbonyl (C=O) groups excluding carboxylic acids is 2. The van der Waals surface area contributed by atoms with Crippen LogP contribution in [0.15, 0.2) is 47.5 Å². The number of nitrogens with one attached hydrogen (secondary N) is 1. The number of piperidine rings is 1. The van der Waals surface area contributed by atoms with Crippen LogP contribution in [0, 0.1) is 13.8 Å². The molecule has 0 aromatic heterocycles. The molecule has 2 aliphatic heterocycles. The van der Waals surface area contributed by atoms with E-state index in [9.17, 15) is 9.59 Å². The Morgan fingerprint density at radius 3 is 2.55 bits per heavy atom. The molecule has 1 N–H and O–H groups in total. The molecule has 1 fully saturated rings. The molecule has 0 unspecified atom stereocenters. The monoisotopic (exact) mass is 391 g/mol. The maximum absolute atomic E-state index is 12.8. The minimum absolute atomic E-state index is 0.0264. The van der Waals surface area contributed by atoms with Gasteiger partial charge in [-0.25, -0.2) is 0 Å². The fraction of sp³-hybridized carbons (Fsp3) is 0.348. The van der Waals surface area contributed by atoms with E-state index in [1.807, 2.05) is 49.1 Å². The third-order valence-corrected chi connectivity index (χ3v) is 5.86. The molecular weight excluding hydrogens is 366 g/mol. The van der Waals surface area contributed by atoms with Gasteiger partial charge >= 0.3 is 0 Å². The maximum atomic E-state index is 12.8. The van der Waals surface area contributed by atoms with Gasteiger partial charge in [-0.05, 0) is 49.2 Å². The molecule has 6 nitrogen and oxygen atoms in total. The number of ether oxygens (including phenoxy) is 1. The molecule has 2 aliphatic rings. The third kappa shape index (κ3) is 3.62. The zero-order valence-corrected chi connectivity index (χ0v) is 17.0. The van der Waals surface area contributed by atoms with Crippen LogP contribution in [0.2, 0.25) is 0 Å². The van der Waals surface area contributed by atoms with Crippen LogP contribution in [-0.4, -0.2) is 48.3 Å². The van der Waals surface area contributed by atoms with Crippen LogP contribution in [0.5, 0.6) is 5.75 Å². The summed E-state index contributed by atoms with van der Waals surface area (Å²) < 4.78 is 5.21. The van der Waals surface area contributed by atoms with Crippen LogP contribution in [0.4, 0.5) is 0 Å². The second-order valence-corrected chi connectivity index (χ2v) is 7.77. The van der Waals surface area contributed by atoms with Crippen molar-refractivity contribution in [1.82, 2.24) is 10.2 Å². The van der Waals surface area contributed by atoms with E-state index in [1.165, 1.54) is 5.56 Å². The van der Waals surface area contributed by atoms with E-state index in [-0.39, 0.29) is 11.8 Å². The summed E-state index contributed by atoms with van der Waals surface area (Å²) in [6, 6.07) is 13.1. The molecule has 1 saturated heterocycles. The van der Waals surface area contributed by atoms with Gasteiger partial charge in [0.15, 0.2) is 0 Å². The highest BCUT2D eigenvalue weighted by Gasteiger charge is 2.43. The Morgan fingerprint density at radius 2 is 1.86 bits per heavy atom. The van der Waals surface area contributed by atoms with Crippen LogP contribution < -0.4 is 10.1 Å². The van der Waals surface area contributed by atoms with Gasteiger partial charge in [0.05, 0.1) is 7.11 Å². The normalized spacial score (nSPS) is 17.8. The third-order valence-electron chi connectivity index (χ3n) is 5.86. The summed E-state index contributed by atoms with van der Waals surface area (Å²) in [5.41, 5.74) is 3.65. The number of nitrogens with zero attached hydrogens (tertiary/aromatic N) is 2. The quantitative estimate of drug-likeness (QED) is 0.875. The Morgan fingerprint density at radius 1 is 1.10 bits per heavy atom. The minimum Gasteiger partial charge on any atom is -0.497 e. The Labute approximate surface area is 170 Å². The first kappa shape index (κ1) is 19.2. The fourth-order valence-electron chi connectivity index (χ4n) is 3.90. The number of carbonyl (C=O) groups is 2. The molecule has 4 rings (SSSR count). The van der Waals surface area contributed by atoms with Crippen LogP contribution in [-0.2, 0) is 4.79 Å². The molecule has 0 atom stereocenters. The summed E-state index contributed by atoms with van der Waals surface area (Å²) >= 11 is 0. The Kier molecular flexibility index (Phi) is 4.86. The lowest BCUT2D eigenvalue weighted by molar-refractivity contribution is -0.115. The second kappa shape index (κ2) is 7.35. The number of rotatable bonds is 3. The maximum Gasteiger partial charge on any atom is 0.272 e. The van der Waals surface area contributed by atoms with Gasteiger partial charge in [0.1, 0.15) is 17.1 Å². The number of amides is 2. The predicted molar refractivity (Wildman–Crippen MR) is 111 cm³/mol. The molecule has 2 amide bonds. The average Bonchev–Trinajstić information content (AvgIpc) is 3.05. The van der Waals surface area contributed by atoms with Crippen molar-refractivity contribution in [3.8, 4) is 5.75 Å². The van der Waals surface area contributed by atoms with E-state index in [1.54, 1.807) is 19.2 Å². The first-order chi connectivity index (χ1) is 13.9. The molecule has 2 heterocycles. The lowest BCUT2D eigenvalue weighted by atomic mass is 9.97. The standard InChI is InChI=1S/C23H25N3O3/c1-15-7-8-17(13-16(15)2)20-21(27)25-23(24-20)9-11-26(12-10-23)22(28)18-5-4-6-19(14-18)29-3/h4-8,13-14H,9-12H2,1-3H3,(H,25,27). The van der Waals surface area contributed by atoms with Gasteiger partial charge in [-0.1, -0.05) is 18.2 Å². The van der Waals surface area contributed by atoms with Gasteiger partial charge in [0.2, 0.25) is 0 Å². The van der Waals surface area contributed by atoms with Crippen molar-refractivity contribution in [3.05, 3.63) is 64.7 Å². The summed E-state index contributed by atoms with van der Waals surface area (Å²) in [6.07, 6.45) is 1.20. The van der Waals surface area contributed by atoms with Crippen molar-refractivity contribution in [3.63, 3.8) is 0 Å². The molecule has 0 bridgehead atoms. The van der Waals surface area contributed by atoms with Gasteiger partial charge in [-0.15, -0.1) is 0 Å². The lowest BCUT2D eigenvalue weighted by Gasteiger charge is -2.37. The number of benzene rings is 2. The summed E-state index contributed by atoms with van der Waals surface area (Å²) in [5.74, 6) is 0.497. The van der Waals surface area contributed by atoms with Gasteiger partial charge in [-0.3, -0.25) is 14.6 Å². The molecule has 1 spiro atoms. The zero-order valence-electron chi connectivity index (χ0n) is 17.0. The molecule has 0 aliphatic carbocycles. The number of hydrogen-bond acceptors (Lipinski definition) is 4. The highest BCUT2D eigenvalue weighted by molar-refractivity contribution is 6.46. The van der Waals surface area contributed by atoms with E-state index >= 15 is 0 Å². The smallest absolute Gasteiger partial charge is 0.272 e. The molecular formula is C23H25N3O3. The first-order valence-electron chi connectivity index (χ1n) is 9.84. The van der Waals surface area contributed by atoms with E-state index in [0.29, 0.717) is 43.0 Å². The Balaban J connectivity index is 1.49. The van der Waals surface area contributed by atoms with Crippen LogP contribution >= 0.6 is 0 Å². The van der Waals surface area contributed by atoms with E-state index in [4.69, 9.17) is 9.73 Å². The Hall–Kier alpha value is -3.15. The predicted octanol–water partition coefficient (Wildman–Crippen LogP) is 2.86. The van der Waals surface area contributed by atoms with Crippen molar-refractivity contribution < 1.29 is 14.3 Å². The minimum atomic E-state index is -0.615. The lowest BCUT2D eigenvalue weighted by Crippen LogP contribution is -2.52. The summed E-state index contributed by atoms with van der Waals surface area (Å²) in [7, 11) is 1.59. The molecule has 2 aromatic carbocycles. The second-order valence-electron chi connectivity index (χ2n) is 7.77. The number of methoxy groups -OCH3 is 1. The highest BCUT2D eigenvalue weighted by Crippen LogP contribution is 2.30. The summed E-state index contributed by atoms with van der Waals surface area (Å²) in [5, 5.41) is 3.07. The van der Waals surface area contributed by atoms with Crippen molar-refractivity contribution in [2.45, 2.75) is 32.4 Å². The molecule has 6 heteroatoms. The number of hydrogen-bond donors (Lipinski definition) is 1. The van der Waals surface area contributed by atoms with E-state index < -0.39 is 5.66 Å². The highest BCUT2D eigenvalue weighted by atomic mass is 16.5. The van der Waals surface area contributed by atoms with Crippen LogP contribution in [0.3, 0.4) is 0 Å². The molecule has 0 saturated carbocycles. The molecule has 0 radical (unpaired) electrons. The summed E-state index contributed by atoms with van der Waals surface area (Å²) in [6.45, 7) is 5.16. The van der Waals surface area contributed by atoms with E-state index in [0.717, 1.165) is 11.1 Å². The number of aliphatic imine (C=N–C) groups is 1. The molecule has 150 valence electrons.